The maximum atomic E-state index is 13.4. The van der Waals surface area contributed by atoms with Gasteiger partial charge in [0.2, 0.25) is 0 Å². The van der Waals surface area contributed by atoms with Gasteiger partial charge in [-0.15, -0.1) is 0 Å². The van der Waals surface area contributed by atoms with Crippen LogP contribution < -0.4 is 4.90 Å². The van der Waals surface area contributed by atoms with E-state index in [-0.39, 0.29) is 5.82 Å². The first-order valence-electron chi connectivity index (χ1n) is 5.92. The van der Waals surface area contributed by atoms with Crippen LogP contribution in [0.25, 0.3) is 0 Å². The summed E-state index contributed by atoms with van der Waals surface area (Å²) in [6.07, 6.45) is 6.36. The quantitative estimate of drug-likeness (QED) is 0.819. The lowest BCUT2D eigenvalue weighted by Gasteiger charge is -2.40. The SMILES string of the molecule is Cc1nccn1CC1CN(c2ncncc2F)C1. The first kappa shape index (κ1) is 11.1. The molecule has 1 fully saturated rings. The van der Waals surface area contributed by atoms with Crippen LogP contribution in [0.2, 0.25) is 0 Å². The van der Waals surface area contributed by atoms with Gasteiger partial charge in [0.25, 0.3) is 0 Å². The Kier molecular flexibility index (Phi) is 2.70. The standard InChI is InChI=1S/C12H14FN5/c1-9-15-2-3-17(9)5-10-6-18(7-10)12-11(13)4-14-8-16-12/h2-4,8,10H,5-7H2,1H3. The van der Waals surface area contributed by atoms with Crippen LogP contribution in [-0.2, 0) is 6.54 Å². The van der Waals surface area contributed by atoms with Crippen LogP contribution in [0, 0.1) is 18.7 Å². The van der Waals surface area contributed by atoms with E-state index in [2.05, 4.69) is 19.5 Å². The van der Waals surface area contributed by atoms with Gasteiger partial charge in [-0.2, -0.15) is 0 Å². The highest BCUT2D eigenvalue weighted by Crippen LogP contribution is 2.25. The fraction of sp³-hybridized carbons (Fsp3) is 0.417. The van der Waals surface area contributed by atoms with Crippen LogP contribution >= 0.6 is 0 Å². The largest absolute Gasteiger partial charge is 0.353 e. The summed E-state index contributed by atoms with van der Waals surface area (Å²) in [5, 5.41) is 0. The van der Waals surface area contributed by atoms with Crippen molar-refractivity contribution >= 4 is 5.82 Å². The summed E-state index contributed by atoms with van der Waals surface area (Å²) in [5.74, 6) is 1.59. The van der Waals surface area contributed by atoms with Crippen molar-refractivity contribution in [3.63, 3.8) is 0 Å². The zero-order valence-corrected chi connectivity index (χ0v) is 10.1. The summed E-state index contributed by atoms with van der Waals surface area (Å²) in [6.45, 7) is 4.56. The molecule has 3 rings (SSSR count). The number of hydrogen-bond donors (Lipinski definition) is 0. The van der Waals surface area contributed by atoms with E-state index in [1.165, 1.54) is 12.5 Å². The zero-order chi connectivity index (χ0) is 12.5. The van der Waals surface area contributed by atoms with E-state index in [9.17, 15) is 4.39 Å². The van der Waals surface area contributed by atoms with Gasteiger partial charge >= 0.3 is 0 Å². The van der Waals surface area contributed by atoms with Crippen molar-refractivity contribution in [2.45, 2.75) is 13.5 Å². The summed E-state index contributed by atoms with van der Waals surface area (Å²) < 4.78 is 15.6. The minimum Gasteiger partial charge on any atom is -0.353 e. The van der Waals surface area contributed by atoms with Crippen LogP contribution in [-0.4, -0.2) is 32.6 Å². The molecule has 0 radical (unpaired) electrons. The first-order chi connectivity index (χ1) is 8.74. The number of aryl methyl sites for hydroxylation is 1. The maximum Gasteiger partial charge on any atom is 0.183 e. The van der Waals surface area contributed by atoms with Crippen molar-refractivity contribution in [3.05, 3.63) is 36.6 Å². The summed E-state index contributed by atoms with van der Waals surface area (Å²) in [5.41, 5.74) is 0. The molecule has 1 aliphatic rings. The molecular weight excluding hydrogens is 233 g/mol. The lowest BCUT2D eigenvalue weighted by molar-refractivity contribution is 0.348. The first-order valence-corrected chi connectivity index (χ1v) is 5.92. The molecular formula is C12H14FN5. The zero-order valence-electron chi connectivity index (χ0n) is 10.1. The molecule has 1 saturated heterocycles. The molecule has 0 unspecified atom stereocenters. The summed E-state index contributed by atoms with van der Waals surface area (Å²) in [6, 6.07) is 0. The molecule has 6 heteroatoms. The Morgan fingerprint density at radius 1 is 1.39 bits per heavy atom. The fourth-order valence-electron chi connectivity index (χ4n) is 2.27. The molecule has 94 valence electrons. The van der Waals surface area contributed by atoms with Gasteiger partial charge in [-0.1, -0.05) is 0 Å². The molecule has 0 N–H and O–H groups in total. The highest BCUT2D eigenvalue weighted by molar-refractivity contribution is 5.41. The van der Waals surface area contributed by atoms with Gasteiger partial charge in [0.05, 0.1) is 6.20 Å². The Hall–Kier alpha value is -1.98. The lowest BCUT2D eigenvalue weighted by Crippen LogP contribution is -2.49. The topological polar surface area (TPSA) is 46.8 Å². The third kappa shape index (κ3) is 1.94. The van der Waals surface area contributed by atoms with E-state index >= 15 is 0 Å². The molecule has 18 heavy (non-hydrogen) atoms. The average molecular weight is 247 g/mol. The molecule has 0 atom stereocenters. The highest BCUT2D eigenvalue weighted by Gasteiger charge is 2.29. The van der Waals surface area contributed by atoms with Gasteiger partial charge < -0.3 is 9.47 Å². The van der Waals surface area contributed by atoms with E-state index in [4.69, 9.17) is 0 Å². The number of rotatable bonds is 3. The second-order valence-corrected chi connectivity index (χ2v) is 4.59. The Bertz CT molecular complexity index is 547. The van der Waals surface area contributed by atoms with Gasteiger partial charge in [-0.05, 0) is 6.92 Å². The predicted octanol–water partition coefficient (Wildman–Crippen LogP) is 1.26. The van der Waals surface area contributed by atoms with Gasteiger partial charge in [0.15, 0.2) is 11.6 Å². The summed E-state index contributed by atoms with van der Waals surface area (Å²) >= 11 is 0. The van der Waals surface area contributed by atoms with Gasteiger partial charge in [-0.3, -0.25) is 0 Å². The summed E-state index contributed by atoms with van der Waals surface area (Å²) in [4.78, 5) is 13.7. The molecule has 1 aliphatic heterocycles. The fourth-order valence-corrected chi connectivity index (χ4v) is 2.27. The van der Waals surface area contributed by atoms with Crippen molar-refractivity contribution in [3.8, 4) is 0 Å². The maximum absolute atomic E-state index is 13.4. The second-order valence-electron chi connectivity index (χ2n) is 4.59. The molecule has 3 heterocycles. The molecule has 0 aliphatic carbocycles. The van der Waals surface area contributed by atoms with Crippen molar-refractivity contribution in [2.75, 3.05) is 18.0 Å². The number of anilines is 1. The minimum absolute atomic E-state index is 0.352. The van der Waals surface area contributed by atoms with Crippen molar-refractivity contribution in [2.24, 2.45) is 5.92 Å². The van der Waals surface area contributed by atoms with Crippen LogP contribution in [0.4, 0.5) is 10.2 Å². The van der Waals surface area contributed by atoms with E-state index in [0.717, 1.165) is 25.5 Å². The summed E-state index contributed by atoms with van der Waals surface area (Å²) in [7, 11) is 0. The monoisotopic (exact) mass is 247 g/mol. The molecule has 0 aromatic carbocycles. The number of halogens is 1. The molecule has 2 aromatic heterocycles. The highest BCUT2D eigenvalue weighted by atomic mass is 19.1. The Labute approximate surface area is 104 Å². The molecule has 0 saturated carbocycles. The Balaban J connectivity index is 1.61. The average Bonchev–Trinajstić information content (AvgIpc) is 2.70. The Morgan fingerprint density at radius 2 is 2.22 bits per heavy atom. The minimum atomic E-state index is -0.352. The normalized spacial score (nSPS) is 15.8. The predicted molar refractivity (Wildman–Crippen MR) is 64.7 cm³/mol. The van der Waals surface area contributed by atoms with Gasteiger partial charge in [-0.25, -0.2) is 19.3 Å². The second kappa shape index (κ2) is 4.36. The van der Waals surface area contributed by atoms with E-state index in [1.807, 2.05) is 18.0 Å². The van der Waals surface area contributed by atoms with Crippen molar-refractivity contribution < 1.29 is 4.39 Å². The number of aromatic nitrogens is 4. The third-order valence-electron chi connectivity index (χ3n) is 3.28. The molecule has 0 bridgehead atoms. The Morgan fingerprint density at radius 3 is 2.89 bits per heavy atom. The van der Waals surface area contributed by atoms with Gasteiger partial charge in [0.1, 0.15) is 12.2 Å². The van der Waals surface area contributed by atoms with Gasteiger partial charge in [0, 0.05) is 37.9 Å². The van der Waals surface area contributed by atoms with Crippen LogP contribution in [0.1, 0.15) is 5.82 Å². The number of nitrogens with zero attached hydrogens (tertiary/aromatic N) is 5. The number of hydrogen-bond acceptors (Lipinski definition) is 4. The van der Waals surface area contributed by atoms with E-state index in [0.29, 0.717) is 11.7 Å². The van der Waals surface area contributed by atoms with E-state index in [1.54, 1.807) is 6.20 Å². The van der Waals surface area contributed by atoms with Crippen LogP contribution in [0.15, 0.2) is 24.9 Å². The molecule has 0 spiro atoms. The molecule has 5 nitrogen and oxygen atoms in total. The van der Waals surface area contributed by atoms with E-state index < -0.39 is 0 Å². The van der Waals surface area contributed by atoms with Crippen molar-refractivity contribution in [1.29, 1.82) is 0 Å². The third-order valence-corrected chi connectivity index (χ3v) is 3.28. The smallest absolute Gasteiger partial charge is 0.183 e. The molecule has 0 amide bonds. The number of imidazole rings is 1. The van der Waals surface area contributed by atoms with Crippen LogP contribution in [0.5, 0.6) is 0 Å². The van der Waals surface area contributed by atoms with Crippen molar-refractivity contribution in [1.82, 2.24) is 19.5 Å². The lowest BCUT2D eigenvalue weighted by atomic mass is 10.00. The van der Waals surface area contributed by atoms with Crippen LogP contribution in [0.3, 0.4) is 0 Å². The molecule has 2 aromatic rings.